The lowest BCUT2D eigenvalue weighted by Crippen LogP contribution is -2.28. The van der Waals surface area contributed by atoms with E-state index in [2.05, 4.69) is 31.2 Å². The third-order valence-corrected chi connectivity index (χ3v) is 14.2. The number of H-pyrrole nitrogens is 2. The van der Waals surface area contributed by atoms with E-state index in [1.807, 2.05) is 85.0 Å². The highest BCUT2D eigenvalue weighted by Gasteiger charge is 2.29. The van der Waals surface area contributed by atoms with Crippen molar-refractivity contribution in [2.75, 3.05) is 84.8 Å². The van der Waals surface area contributed by atoms with Gasteiger partial charge in [-0.25, -0.2) is 9.97 Å². The van der Waals surface area contributed by atoms with Crippen LogP contribution in [0.1, 0.15) is 43.5 Å². The highest BCUT2D eigenvalue weighted by Crippen LogP contribution is 2.48. The lowest BCUT2D eigenvalue weighted by atomic mass is 9.98. The van der Waals surface area contributed by atoms with Crippen LogP contribution >= 0.6 is 0 Å². The Hall–Kier alpha value is -9.60. The van der Waals surface area contributed by atoms with Gasteiger partial charge in [0.1, 0.15) is 47.9 Å². The number of methoxy groups -OCH3 is 8. The number of aromatic nitrogens is 4. The van der Waals surface area contributed by atoms with Crippen LogP contribution in [0.5, 0.6) is 23.0 Å². The first kappa shape index (κ1) is 58.1. The molecular formula is C63H64N8O12. The second-order valence-electron chi connectivity index (χ2n) is 19.1. The lowest BCUT2D eigenvalue weighted by molar-refractivity contribution is -0.125. The van der Waals surface area contributed by atoms with Gasteiger partial charge in [-0.3, -0.25) is 19.2 Å². The van der Waals surface area contributed by atoms with Gasteiger partial charge in [-0.1, -0.05) is 24.3 Å². The number of fused-ring (bicyclic) bond motifs is 8. The highest BCUT2D eigenvalue weighted by atomic mass is 16.5. The van der Waals surface area contributed by atoms with Crippen LogP contribution in [0.2, 0.25) is 0 Å². The predicted molar refractivity (Wildman–Crippen MR) is 323 cm³/mol. The van der Waals surface area contributed by atoms with E-state index >= 15 is 0 Å². The van der Waals surface area contributed by atoms with Crippen LogP contribution < -0.4 is 40.2 Å². The zero-order valence-electron chi connectivity index (χ0n) is 47.8. The Morgan fingerprint density at radius 3 is 0.940 bits per heavy atom. The summed E-state index contributed by atoms with van der Waals surface area (Å²) in [5.74, 6) is 0.00834. The summed E-state index contributed by atoms with van der Waals surface area (Å²) in [7, 11) is 12.0. The second-order valence-corrected chi connectivity index (χ2v) is 19.1. The standard InChI is InChI=1S/C63H64N8O12/c1-33(77-5)61(73)69-37-17-12-16-36(68-52(72)32-76-4)53(37)55-40-24-28-44(64-40)57(59-48(80-8)20-14-21-49(59)81-9)46-30-26-42(66-46)56(54-38(70-62(74)34(2)78-6)18-13-19-39(54)71-63(75)35(3)79-7)43-27-31-47(67-43)58(45-29-25-41(55)65-45)60-50(82-10)22-15-23-51(60)83-11/h12-31,33-35,64,67H,32H2,1-11H3,(H,68,72)(H,69,73)(H,70,74)(H,71,75)/t33-,34-,35-/m0/s1. The number of nitrogens with zero attached hydrogens (tertiary/aromatic N) is 2. The fraction of sp³-hybridized carbons (Fsp3) is 0.238. The van der Waals surface area contributed by atoms with Crippen LogP contribution in [0.3, 0.4) is 0 Å². The van der Waals surface area contributed by atoms with Gasteiger partial charge in [-0.05, 0) is 118 Å². The maximum absolute atomic E-state index is 13.9. The number of carbonyl (C=O) groups is 4. The highest BCUT2D eigenvalue weighted by molar-refractivity contribution is 6.12. The number of aromatic amines is 2. The van der Waals surface area contributed by atoms with Gasteiger partial charge in [0.15, 0.2) is 0 Å². The van der Waals surface area contributed by atoms with Crippen LogP contribution in [0.4, 0.5) is 22.7 Å². The summed E-state index contributed by atoms with van der Waals surface area (Å²) in [5.41, 5.74) is 8.86. The summed E-state index contributed by atoms with van der Waals surface area (Å²) in [6.45, 7) is 4.62. The van der Waals surface area contributed by atoms with Crippen molar-refractivity contribution in [3.63, 3.8) is 0 Å². The Morgan fingerprint density at radius 1 is 0.386 bits per heavy atom. The molecule has 8 bridgehead atoms. The van der Waals surface area contributed by atoms with Gasteiger partial charge >= 0.3 is 0 Å². The van der Waals surface area contributed by atoms with E-state index in [1.54, 1.807) is 85.6 Å². The monoisotopic (exact) mass is 1120 g/mol. The number of amides is 4. The molecule has 3 aromatic heterocycles. The van der Waals surface area contributed by atoms with Crippen molar-refractivity contribution < 1.29 is 57.1 Å². The SMILES string of the molecule is COCC(=O)Nc1cccc(NC(=O)[C@H](C)OC)c1-c1c2nc(c(-c3c(OC)cccc3OC)c3ccc([nH]3)c(-c3c(NC(=O)[C@H](C)OC)cccc3NC(=O)[C@H](C)OC)c3nc(c(-c4c(OC)cccc4OC)c4ccc1[nH]4)C=C3)C=C2. The summed E-state index contributed by atoms with van der Waals surface area (Å²) in [5, 5.41) is 12.2. The molecule has 4 aromatic carbocycles. The van der Waals surface area contributed by atoms with Gasteiger partial charge in [0.05, 0.1) is 85.1 Å². The number of nitrogens with one attached hydrogen (secondary N) is 6. The van der Waals surface area contributed by atoms with Crippen molar-refractivity contribution in [2.24, 2.45) is 0 Å². The molecule has 0 aliphatic carbocycles. The van der Waals surface area contributed by atoms with Gasteiger partial charge in [0.2, 0.25) is 5.91 Å². The number of ether oxygens (including phenoxy) is 8. The average molecular weight is 1130 g/mol. The van der Waals surface area contributed by atoms with Crippen molar-refractivity contribution in [1.82, 2.24) is 19.9 Å². The topological polar surface area (TPSA) is 248 Å². The third-order valence-electron chi connectivity index (χ3n) is 14.2. The molecule has 4 amide bonds. The van der Waals surface area contributed by atoms with Crippen LogP contribution in [-0.4, -0.2) is 125 Å². The van der Waals surface area contributed by atoms with Crippen LogP contribution in [0, 0.1) is 0 Å². The minimum atomic E-state index is -0.865. The molecule has 2 aliphatic rings. The minimum Gasteiger partial charge on any atom is -0.496 e. The Balaban J connectivity index is 1.54. The normalized spacial score (nSPS) is 12.7. The number of hydrogen-bond acceptors (Lipinski definition) is 14. The van der Waals surface area contributed by atoms with E-state index < -0.39 is 41.9 Å². The molecule has 0 spiro atoms. The first-order valence-electron chi connectivity index (χ1n) is 26.4. The predicted octanol–water partition coefficient (Wildman–Crippen LogP) is 10.9. The van der Waals surface area contributed by atoms with Crippen LogP contribution in [0.25, 0.3) is 90.9 Å². The van der Waals surface area contributed by atoms with E-state index in [0.717, 1.165) is 0 Å². The Labute approximate surface area is 479 Å². The molecule has 0 saturated carbocycles. The van der Waals surface area contributed by atoms with Crippen molar-refractivity contribution in [3.8, 4) is 67.5 Å². The number of carbonyl (C=O) groups excluding carboxylic acids is 4. The Bertz CT molecular complexity index is 3760. The molecule has 7 aromatic rings. The zero-order chi connectivity index (χ0) is 59.1. The largest absolute Gasteiger partial charge is 0.496 e. The number of rotatable bonds is 20. The van der Waals surface area contributed by atoms with Crippen molar-refractivity contribution in [1.29, 1.82) is 0 Å². The molecule has 0 fully saturated rings. The van der Waals surface area contributed by atoms with Crippen molar-refractivity contribution in [3.05, 3.63) is 120 Å². The molecule has 9 rings (SSSR count). The van der Waals surface area contributed by atoms with E-state index in [1.165, 1.54) is 28.4 Å². The second kappa shape index (κ2) is 25.5. The molecule has 20 heteroatoms. The van der Waals surface area contributed by atoms with Gasteiger partial charge in [-0.15, -0.1) is 0 Å². The van der Waals surface area contributed by atoms with Crippen molar-refractivity contribution >= 4 is 92.7 Å². The van der Waals surface area contributed by atoms with Crippen molar-refractivity contribution in [2.45, 2.75) is 39.1 Å². The van der Waals surface area contributed by atoms with E-state index in [-0.39, 0.29) is 6.61 Å². The summed E-state index contributed by atoms with van der Waals surface area (Å²) in [6.07, 6.45) is 4.82. The number of benzene rings is 4. The van der Waals surface area contributed by atoms with Gasteiger partial charge in [0, 0.05) is 83.9 Å². The Morgan fingerprint density at radius 2 is 0.663 bits per heavy atom. The fourth-order valence-electron chi connectivity index (χ4n) is 9.85. The van der Waals surface area contributed by atoms with Gasteiger partial charge in [-0.2, -0.15) is 0 Å². The van der Waals surface area contributed by atoms with Gasteiger partial charge < -0.3 is 69.1 Å². The quantitative estimate of drug-likeness (QED) is 0.0416. The molecule has 0 saturated heterocycles. The Kier molecular flexibility index (Phi) is 17.8. The molecule has 3 atom stereocenters. The molecule has 0 unspecified atom stereocenters. The number of anilines is 4. The summed E-state index contributed by atoms with van der Waals surface area (Å²) < 4.78 is 46.1. The third kappa shape index (κ3) is 11.7. The smallest absolute Gasteiger partial charge is 0.253 e. The fourth-order valence-corrected chi connectivity index (χ4v) is 9.85. The van der Waals surface area contributed by atoms with Crippen LogP contribution in [0.15, 0.2) is 97.1 Å². The molecule has 5 heterocycles. The van der Waals surface area contributed by atoms with E-state index in [9.17, 15) is 19.2 Å². The molecule has 83 heavy (non-hydrogen) atoms. The van der Waals surface area contributed by atoms with E-state index in [0.29, 0.717) is 135 Å². The molecule has 20 nitrogen and oxygen atoms in total. The maximum Gasteiger partial charge on any atom is 0.253 e. The zero-order valence-corrected chi connectivity index (χ0v) is 47.8. The lowest BCUT2D eigenvalue weighted by Gasteiger charge is -2.20. The molecule has 428 valence electrons. The molecule has 0 radical (unpaired) electrons. The maximum atomic E-state index is 13.9. The average Bonchev–Trinajstić information content (AvgIpc) is 4.56. The molecule has 2 aliphatic heterocycles. The summed E-state index contributed by atoms with van der Waals surface area (Å²) >= 11 is 0. The molecule has 6 N–H and O–H groups in total. The van der Waals surface area contributed by atoms with E-state index in [4.69, 9.17) is 47.9 Å². The molecular weight excluding hydrogens is 1060 g/mol. The minimum absolute atomic E-state index is 0.266. The first-order chi connectivity index (χ1) is 40.2. The number of hydrogen-bond donors (Lipinski definition) is 6. The first-order valence-corrected chi connectivity index (χ1v) is 26.4. The van der Waals surface area contributed by atoms with Gasteiger partial charge in [0.25, 0.3) is 17.7 Å². The summed E-state index contributed by atoms with van der Waals surface area (Å²) in [6, 6.07) is 28.8. The summed E-state index contributed by atoms with van der Waals surface area (Å²) in [4.78, 5) is 73.8. The van der Waals surface area contributed by atoms with Crippen LogP contribution in [-0.2, 0) is 38.1 Å².